The number of benzene rings is 4. The highest BCUT2D eigenvalue weighted by molar-refractivity contribution is 5.76. The van der Waals surface area contributed by atoms with Crippen LogP contribution in [-0.2, 0) is 45.2 Å². The van der Waals surface area contributed by atoms with Gasteiger partial charge in [0.05, 0.1) is 27.4 Å². The highest BCUT2D eigenvalue weighted by Crippen LogP contribution is 2.16. The van der Waals surface area contributed by atoms with Gasteiger partial charge >= 0.3 is 11.9 Å². The number of methoxy groups -OCH3 is 2. The van der Waals surface area contributed by atoms with E-state index in [1.807, 2.05) is 131 Å². The van der Waals surface area contributed by atoms with Crippen molar-refractivity contribution in [1.29, 1.82) is 0 Å². The lowest BCUT2D eigenvalue weighted by molar-refractivity contribution is -0.150. The summed E-state index contributed by atoms with van der Waals surface area (Å²) in [5.41, 5.74) is 4.34. The largest absolute Gasteiger partial charge is 0.468 e. The Labute approximate surface area is 260 Å². The molecule has 8 heteroatoms. The van der Waals surface area contributed by atoms with Crippen LogP contribution in [0.2, 0.25) is 0 Å². The van der Waals surface area contributed by atoms with E-state index in [1.54, 1.807) is 0 Å². The van der Waals surface area contributed by atoms with Crippen LogP contribution in [0.25, 0.3) is 0 Å². The number of hydrogen-bond acceptors (Lipinski definition) is 8. The fourth-order valence-corrected chi connectivity index (χ4v) is 4.77. The maximum atomic E-state index is 11.9. The molecule has 44 heavy (non-hydrogen) atoms. The van der Waals surface area contributed by atoms with Crippen LogP contribution in [0.15, 0.2) is 121 Å². The summed E-state index contributed by atoms with van der Waals surface area (Å²) in [4.78, 5) is 27.7. The molecule has 0 heterocycles. The van der Waals surface area contributed by atoms with Crippen LogP contribution in [0.3, 0.4) is 0 Å². The summed E-state index contributed by atoms with van der Waals surface area (Å²) in [6.45, 7) is 1.72. The normalized spacial score (nSPS) is 12.1. The molecule has 4 aromatic rings. The number of aliphatic hydroxyl groups excluding tert-OH is 2. The molecule has 8 nitrogen and oxygen atoms in total. The Hall–Kier alpha value is -4.34. The molecule has 0 bridgehead atoms. The van der Waals surface area contributed by atoms with E-state index >= 15 is 0 Å². The second-order valence-electron chi connectivity index (χ2n) is 10.2. The fourth-order valence-electron chi connectivity index (χ4n) is 4.77. The number of rotatable bonds is 14. The van der Waals surface area contributed by atoms with Gasteiger partial charge in [-0.3, -0.25) is 19.4 Å². The van der Waals surface area contributed by atoms with Crippen LogP contribution in [0.5, 0.6) is 0 Å². The Morgan fingerprint density at radius 1 is 0.500 bits per heavy atom. The summed E-state index contributed by atoms with van der Waals surface area (Å²) in [5.74, 6) is -0.844. The van der Waals surface area contributed by atoms with Crippen molar-refractivity contribution in [1.82, 2.24) is 9.80 Å². The van der Waals surface area contributed by atoms with Crippen LogP contribution in [-0.4, -0.2) is 71.5 Å². The lowest BCUT2D eigenvalue weighted by Gasteiger charge is -2.28. The Balaban J connectivity index is 0.000000240. The number of esters is 2. The molecule has 0 aliphatic rings. The maximum absolute atomic E-state index is 11.9. The molecule has 0 aliphatic carbocycles. The zero-order valence-corrected chi connectivity index (χ0v) is 25.4. The first-order valence-electron chi connectivity index (χ1n) is 14.5. The van der Waals surface area contributed by atoms with Gasteiger partial charge in [-0.15, -0.1) is 0 Å². The van der Waals surface area contributed by atoms with E-state index in [-0.39, 0.29) is 13.2 Å². The molecule has 0 aliphatic heterocycles. The van der Waals surface area contributed by atoms with E-state index < -0.39 is 24.0 Å². The zero-order valence-electron chi connectivity index (χ0n) is 25.4. The minimum atomic E-state index is -0.676. The second kappa shape index (κ2) is 19.0. The van der Waals surface area contributed by atoms with E-state index in [0.29, 0.717) is 26.2 Å². The van der Waals surface area contributed by atoms with Gasteiger partial charge in [0.15, 0.2) is 0 Å². The molecule has 0 aromatic heterocycles. The van der Waals surface area contributed by atoms with Gasteiger partial charge in [0.2, 0.25) is 0 Å². The third-order valence-corrected chi connectivity index (χ3v) is 7.09. The Bertz CT molecular complexity index is 1170. The smallest absolute Gasteiger partial charge is 0.325 e. The molecule has 2 atom stereocenters. The summed E-state index contributed by atoms with van der Waals surface area (Å²) >= 11 is 0. The Morgan fingerprint density at radius 3 is 0.909 bits per heavy atom. The molecule has 0 amide bonds. The first kappa shape index (κ1) is 34.2. The van der Waals surface area contributed by atoms with Gasteiger partial charge in [-0.25, -0.2) is 0 Å². The molecule has 2 N–H and O–H groups in total. The summed E-state index contributed by atoms with van der Waals surface area (Å²) in [6, 6.07) is 38.2. The lowest BCUT2D eigenvalue weighted by atomic mass is 10.1. The Kier molecular flexibility index (Phi) is 14.8. The van der Waals surface area contributed by atoms with Gasteiger partial charge < -0.3 is 19.7 Å². The molecule has 232 valence electrons. The van der Waals surface area contributed by atoms with Crippen molar-refractivity contribution < 1.29 is 29.3 Å². The summed E-state index contributed by atoms with van der Waals surface area (Å²) in [5, 5.41) is 19.2. The molecular weight excluding hydrogens is 556 g/mol. The molecule has 0 spiro atoms. The zero-order chi connectivity index (χ0) is 31.6. The topological polar surface area (TPSA) is 99.5 Å². The maximum Gasteiger partial charge on any atom is 0.325 e. The fraction of sp³-hybridized carbons (Fsp3) is 0.278. The van der Waals surface area contributed by atoms with Gasteiger partial charge in [-0.2, -0.15) is 0 Å². The molecule has 0 saturated carbocycles. The number of carbonyl (C=O) groups excluding carboxylic acids is 2. The van der Waals surface area contributed by atoms with Gasteiger partial charge in [-0.1, -0.05) is 121 Å². The van der Waals surface area contributed by atoms with Crippen LogP contribution in [0.1, 0.15) is 22.3 Å². The summed E-state index contributed by atoms with van der Waals surface area (Å²) < 4.78 is 9.64. The first-order chi connectivity index (χ1) is 21.5. The van der Waals surface area contributed by atoms with Gasteiger partial charge in [-0.05, 0) is 22.3 Å². The van der Waals surface area contributed by atoms with Crippen LogP contribution >= 0.6 is 0 Å². The van der Waals surface area contributed by atoms with Crippen LogP contribution in [0.4, 0.5) is 0 Å². The predicted molar refractivity (Wildman–Crippen MR) is 170 cm³/mol. The van der Waals surface area contributed by atoms with Crippen molar-refractivity contribution in [2.75, 3.05) is 27.4 Å². The quantitative estimate of drug-likeness (QED) is 0.206. The summed E-state index contributed by atoms with van der Waals surface area (Å²) in [7, 11) is 2.68. The minimum absolute atomic E-state index is 0.271. The van der Waals surface area contributed by atoms with E-state index in [0.717, 1.165) is 22.3 Å². The van der Waals surface area contributed by atoms with Gasteiger partial charge in [0.1, 0.15) is 12.1 Å². The first-order valence-corrected chi connectivity index (χ1v) is 14.5. The molecule has 0 unspecified atom stereocenters. The molecule has 4 aromatic carbocycles. The summed E-state index contributed by atoms with van der Waals surface area (Å²) in [6.07, 6.45) is 0. The number of ether oxygens (including phenoxy) is 2. The van der Waals surface area contributed by atoms with Crippen LogP contribution in [0, 0.1) is 0 Å². The molecular formula is C36H42N2O6. The van der Waals surface area contributed by atoms with Gasteiger partial charge in [0, 0.05) is 26.2 Å². The lowest BCUT2D eigenvalue weighted by Crippen LogP contribution is -2.43. The number of carbonyl (C=O) groups is 2. The van der Waals surface area contributed by atoms with Crippen molar-refractivity contribution >= 4 is 11.9 Å². The highest BCUT2D eigenvalue weighted by atomic mass is 16.5. The molecule has 0 radical (unpaired) electrons. The van der Waals surface area contributed by atoms with Gasteiger partial charge in [0.25, 0.3) is 0 Å². The van der Waals surface area contributed by atoms with Crippen molar-refractivity contribution in [3.8, 4) is 0 Å². The monoisotopic (exact) mass is 598 g/mol. The van der Waals surface area contributed by atoms with E-state index in [1.165, 1.54) is 14.2 Å². The molecule has 0 saturated heterocycles. The predicted octanol–water partition coefficient (Wildman–Crippen LogP) is 4.45. The van der Waals surface area contributed by atoms with Crippen LogP contribution < -0.4 is 0 Å². The average molecular weight is 599 g/mol. The van der Waals surface area contributed by atoms with Crippen molar-refractivity contribution in [2.45, 2.75) is 38.3 Å². The van der Waals surface area contributed by atoms with Crippen molar-refractivity contribution in [2.24, 2.45) is 0 Å². The van der Waals surface area contributed by atoms with E-state index in [9.17, 15) is 19.8 Å². The minimum Gasteiger partial charge on any atom is -0.468 e. The Morgan fingerprint density at radius 2 is 0.727 bits per heavy atom. The third kappa shape index (κ3) is 11.1. The third-order valence-electron chi connectivity index (χ3n) is 7.09. The number of hydrogen-bond donors (Lipinski definition) is 2. The highest BCUT2D eigenvalue weighted by Gasteiger charge is 2.27. The number of nitrogens with zero attached hydrogens (tertiary/aromatic N) is 2. The average Bonchev–Trinajstić information content (AvgIpc) is 3.07. The van der Waals surface area contributed by atoms with E-state index in [2.05, 4.69) is 0 Å². The van der Waals surface area contributed by atoms with Crippen molar-refractivity contribution in [3.63, 3.8) is 0 Å². The second-order valence-corrected chi connectivity index (χ2v) is 10.2. The SMILES string of the molecule is COC(=O)[C@@H](CO)N(Cc1ccccc1)Cc1ccccc1.COC(=O)[C@H](CO)N(Cc1ccccc1)Cc1ccccc1. The van der Waals surface area contributed by atoms with E-state index in [4.69, 9.17) is 9.47 Å². The number of aliphatic hydroxyl groups is 2. The molecule has 0 fully saturated rings. The van der Waals surface area contributed by atoms with Crippen molar-refractivity contribution in [3.05, 3.63) is 144 Å². The molecule has 4 rings (SSSR count). The standard InChI is InChI=1S/2C18H21NO3/c2*1-22-18(21)17(14-20)19(12-15-8-4-2-5-9-15)13-16-10-6-3-7-11-16/h2*2-11,17,20H,12-14H2,1H3/t2*17-/m10/s1.